The summed E-state index contributed by atoms with van der Waals surface area (Å²) >= 11 is 0. The van der Waals surface area contributed by atoms with Gasteiger partial charge in [0, 0.05) is 30.6 Å². The van der Waals surface area contributed by atoms with Gasteiger partial charge in [-0.3, -0.25) is 24.0 Å². The van der Waals surface area contributed by atoms with Gasteiger partial charge in [-0.1, -0.05) is 37.6 Å². The predicted octanol–water partition coefficient (Wildman–Crippen LogP) is 3.48. The maximum atomic E-state index is 13.5. The van der Waals surface area contributed by atoms with Crippen molar-refractivity contribution < 1.29 is 38.2 Å². The molecule has 8 nitrogen and oxygen atoms in total. The van der Waals surface area contributed by atoms with Crippen LogP contribution in [0.1, 0.15) is 66.2 Å². The Morgan fingerprint density at radius 3 is 2.43 bits per heavy atom. The highest BCUT2D eigenvalue weighted by atomic mass is 16.6. The molecule has 0 unspecified atom stereocenters. The van der Waals surface area contributed by atoms with Crippen LogP contribution in [0.15, 0.2) is 23.8 Å². The number of hydrogen-bond acceptors (Lipinski definition) is 8. The van der Waals surface area contributed by atoms with Crippen LogP contribution >= 0.6 is 0 Å². The molecule has 198 valence electrons. The van der Waals surface area contributed by atoms with Crippen LogP contribution in [0.2, 0.25) is 0 Å². The van der Waals surface area contributed by atoms with Crippen LogP contribution in [0.25, 0.3) is 0 Å². The van der Waals surface area contributed by atoms with Gasteiger partial charge in [0.2, 0.25) is 0 Å². The van der Waals surface area contributed by atoms with Crippen molar-refractivity contribution in [1.82, 2.24) is 0 Å². The summed E-state index contributed by atoms with van der Waals surface area (Å²) in [5.74, 6) is -3.53. The lowest BCUT2D eigenvalue weighted by Crippen LogP contribution is -2.69. The lowest BCUT2D eigenvalue weighted by atomic mass is 9.31. The molecule has 0 amide bonds. The summed E-state index contributed by atoms with van der Waals surface area (Å²) in [4.78, 5) is 63.2. The van der Waals surface area contributed by atoms with E-state index in [0.29, 0.717) is 25.7 Å². The standard InChI is InChI=1S/C29H34O8/c1-15(30)35-14-19(32)18-5-6-20-26(18,3)9-8-21-27(4)10-7-17(36-16(2)31)13-28(27)11-12-29(20,21)23-22(28)24(33)37-25(23)34/h8,11-12,17-18,20,22-23H,5-7,9-10,13-14H2,1-4H3/t17-,18+,20-,22-,23-,26-,27-,28-,29-/m1/s1. The number of Topliss-reactive ketones (excluding diaryl/α,β-unsaturated/α-hetero) is 1. The van der Waals surface area contributed by atoms with Crippen molar-refractivity contribution >= 4 is 29.7 Å². The van der Waals surface area contributed by atoms with Gasteiger partial charge >= 0.3 is 23.9 Å². The number of carbonyl (C=O) groups excluding carboxylic acids is 5. The third-order valence-electron chi connectivity index (χ3n) is 11.2. The maximum Gasteiger partial charge on any atom is 0.318 e. The smallest absolute Gasteiger partial charge is 0.318 e. The molecule has 0 aromatic heterocycles. The number of cyclic esters (lactones) is 2. The first kappa shape index (κ1) is 24.6. The Hall–Kier alpha value is -2.77. The van der Waals surface area contributed by atoms with Gasteiger partial charge in [-0.15, -0.1) is 0 Å². The monoisotopic (exact) mass is 510 g/mol. The van der Waals surface area contributed by atoms with Gasteiger partial charge in [0.05, 0.1) is 11.8 Å². The van der Waals surface area contributed by atoms with Gasteiger partial charge < -0.3 is 14.2 Å². The first-order valence-electron chi connectivity index (χ1n) is 13.4. The van der Waals surface area contributed by atoms with Crippen molar-refractivity contribution in [2.45, 2.75) is 72.3 Å². The van der Waals surface area contributed by atoms with Crippen molar-refractivity contribution in [3.8, 4) is 0 Å². The summed E-state index contributed by atoms with van der Waals surface area (Å²) in [7, 11) is 0. The second kappa shape index (κ2) is 7.64. The highest BCUT2D eigenvalue weighted by Crippen LogP contribution is 2.80. The van der Waals surface area contributed by atoms with Gasteiger partial charge in [0.25, 0.3) is 0 Å². The summed E-state index contributed by atoms with van der Waals surface area (Å²) in [5, 5.41) is 0. The first-order chi connectivity index (χ1) is 17.4. The van der Waals surface area contributed by atoms with Crippen molar-refractivity contribution in [3.05, 3.63) is 23.8 Å². The van der Waals surface area contributed by atoms with Gasteiger partial charge in [0.15, 0.2) is 5.78 Å². The van der Waals surface area contributed by atoms with Crippen LogP contribution < -0.4 is 0 Å². The second-order valence-electron chi connectivity index (χ2n) is 12.6. The Morgan fingerprint density at radius 1 is 1.00 bits per heavy atom. The lowest BCUT2D eigenvalue weighted by Gasteiger charge is -2.71. The molecule has 0 radical (unpaired) electrons. The molecule has 2 bridgehead atoms. The van der Waals surface area contributed by atoms with Crippen molar-refractivity contribution in [1.29, 1.82) is 0 Å². The molecule has 6 aliphatic carbocycles. The average molecular weight is 511 g/mol. The summed E-state index contributed by atoms with van der Waals surface area (Å²) in [6.07, 6.45) is 10.2. The lowest BCUT2D eigenvalue weighted by molar-refractivity contribution is -0.175. The van der Waals surface area contributed by atoms with E-state index in [1.54, 1.807) is 0 Å². The Bertz CT molecular complexity index is 1200. The molecule has 7 aliphatic rings. The van der Waals surface area contributed by atoms with E-state index < -0.39 is 51.4 Å². The zero-order valence-electron chi connectivity index (χ0n) is 21.8. The quantitative estimate of drug-likeness (QED) is 0.245. The fourth-order valence-corrected chi connectivity index (χ4v) is 9.89. The van der Waals surface area contributed by atoms with E-state index in [1.807, 2.05) is 0 Å². The number of ether oxygens (including phenoxy) is 3. The SMILES string of the molecule is CC(=O)OCC(=O)[C@@H]1CC[C@@H]2[C@]1(C)CC=C1[C@@]23C=C[C@@]2(C[C@H](OC(C)=O)CC[C@]12C)[C@H]1C(=O)OC(=O)[C@@H]13. The Balaban J connectivity index is 1.48. The Kier molecular flexibility index (Phi) is 5.07. The van der Waals surface area contributed by atoms with Gasteiger partial charge in [-0.2, -0.15) is 0 Å². The molecule has 4 fully saturated rings. The molecule has 0 aromatic carbocycles. The second-order valence-corrected chi connectivity index (χ2v) is 12.6. The number of ketones is 1. The van der Waals surface area contributed by atoms with E-state index in [0.717, 1.165) is 12.8 Å². The highest BCUT2D eigenvalue weighted by Gasteiger charge is 2.80. The molecule has 37 heavy (non-hydrogen) atoms. The van der Waals surface area contributed by atoms with Crippen molar-refractivity contribution in [2.24, 2.45) is 45.3 Å². The van der Waals surface area contributed by atoms with Crippen LogP contribution in [0.5, 0.6) is 0 Å². The van der Waals surface area contributed by atoms with E-state index in [9.17, 15) is 24.0 Å². The normalized spacial score (nSPS) is 46.7. The maximum absolute atomic E-state index is 13.5. The van der Waals surface area contributed by atoms with E-state index in [1.165, 1.54) is 19.4 Å². The molecular weight excluding hydrogens is 476 g/mol. The van der Waals surface area contributed by atoms with Crippen LogP contribution in [-0.2, 0) is 38.2 Å². The highest BCUT2D eigenvalue weighted by molar-refractivity contribution is 5.99. The topological polar surface area (TPSA) is 113 Å². The number of allylic oxidation sites excluding steroid dienone is 4. The Morgan fingerprint density at radius 2 is 1.73 bits per heavy atom. The molecule has 1 aliphatic heterocycles. The first-order valence-corrected chi connectivity index (χ1v) is 13.4. The number of hydrogen-bond donors (Lipinski definition) is 0. The predicted molar refractivity (Wildman–Crippen MR) is 128 cm³/mol. The van der Waals surface area contributed by atoms with E-state index in [-0.39, 0.29) is 36.3 Å². The largest absolute Gasteiger partial charge is 0.463 e. The third kappa shape index (κ3) is 2.87. The zero-order valence-corrected chi connectivity index (χ0v) is 21.8. The minimum Gasteiger partial charge on any atom is -0.463 e. The number of esters is 4. The number of rotatable bonds is 4. The van der Waals surface area contributed by atoms with Crippen LogP contribution in [-0.4, -0.2) is 42.4 Å². The molecular formula is C29H34O8. The molecule has 3 saturated carbocycles. The summed E-state index contributed by atoms with van der Waals surface area (Å²) in [6.45, 7) is 6.77. The van der Waals surface area contributed by atoms with Crippen LogP contribution in [0.3, 0.4) is 0 Å². The number of carbonyl (C=O) groups is 5. The van der Waals surface area contributed by atoms with E-state index in [4.69, 9.17) is 14.2 Å². The fourth-order valence-electron chi connectivity index (χ4n) is 9.89. The van der Waals surface area contributed by atoms with Crippen molar-refractivity contribution in [2.75, 3.05) is 6.61 Å². The van der Waals surface area contributed by atoms with Gasteiger partial charge in [-0.25, -0.2) is 0 Å². The minimum absolute atomic E-state index is 0.0326. The molecule has 7 rings (SSSR count). The summed E-state index contributed by atoms with van der Waals surface area (Å²) < 4.78 is 16.1. The molecule has 9 atom stereocenters. The van der Waals surface area contributed by atoms with Crippen LogP contribution in [0.4, 0.5) is 0 Å². The van der Waals surface area contributed by atoms with Gasteiger partial charge in [-0.05, 0) is 55.3 Å². The van der Waals surface area contributed by atoms with Gasteiger partial charge in [0.1, 0.15) is 12.7 Å². The number of fused-ring (bicyclic) bond motifs is 1. The third-order valence-corrected chi connectivity index (χ3v) is 11.2. The molecule has 1 heterocycles. The molecule has 2 spiro atoms. The zero-order chi connectivity index (χ0) is 26.5. The molecule has 8 heteroatoms. The minimum atomic E-state index is -0.706. The van der Waals surface area contributed by atoms with Crippen molar-refractivity contribution in [3.63, 3.8) is 0 Å². The molecule has 0 aromatic rings. The summed E-state index contributed by atoms with van der Waals surface area (Å²) in [5.41, 5.74) is -1.03. The van der Waals surface area contributed by atoms with Crippen LogP contribution in [0, 0.1) is 45.3 Å². The summed E-state index contributed by atoms with van der Waals surface area (Å²) in [6, 6.07) is 0. The van der Waals surface area contributed by atoms with E-state index >= 15 is 0 Å². The average Bonchev–Trinajstić information content (AvgIpc) is 3.34. The fraction of sp³-hybridized carbons (Fsp3) is 0.690. The molecule has 1 saturated heterocycles. The Labute approximate surface area is 216 Å². The molecule has 0 N–H and O–H groups in total. The van der Waals surface area contributed by atoms with E-state index in [2.05, 4.69) is 32.1 Å².